The topological polar surface area (TPSA) is 38.7 Å². The van der Waals surface area contributed by atoms with E-state index in [9.17, 15) is 0 Å². The van der Waals surface area contributed by atoms with Crippen molar-refractivity contribution in [1.29, 1.82) is 0 Å². The Morgan fingerprint density at radius 1 is 1.33 bits per heavy atom. The molecular weight excluding hydrogens is 162 g/mol. The summed E-state index contributed by atoms with van der Waals surface area (Å²) in [6.07, 6.45) is 0. The Hall–Kier alpha value is 0.600. The molecule has 0 saturated carbocycles. The van der Waals surface area contributed by atoms with Gasteiger partial charge in [-0.25, -0.2) is 0 Å². The molecule has 1 N–H and O–H groups in total. The van der Waals surface area contributed by atoms with E-state index in [2.05, 4.69) is 0 Å². The SMILES string of the molecule is CCO[PH](O)(Cl)OCC. The van der Waals surface area contributed by atoms with Gasteiger partial charge < -0.3 is 0 Å². The van der Waals surface area contributed by atoms with Crippen LogP contribution in [0.1, 0.15) is 13.8 Å². The summed E-state index contributed by atoms with van der Waals surface area (Å²) in [5, 5.41) is 0. The molecule has 0 aromatic rings. The molecular formula is C4H12ClO3P. The van der Waals surface area contributed by atoms with Crippen molar-refractivity contribution in [2.45, 2.75) is 13.8 Å². The zero-order valence-corrected chi connectivity index (χ0v) is 7.31. The molecule has 5 heteroatoms. The third kappa shape index (κ3) is 5.07. The van der Waals surface area contributed by atoms with Gasteiger partial charge in [0.25, 0.3) is 0 Å². The molecule has 0 aromatic heterocycles. The summed E-state index contributed by atoms with van der Waals surface area (Å²) in [7, 11) is -3.23. The average Bonchev–Trinajstić information content (AvgIpc) is 1.64. The Balaban J connectivity index is 3.43. The van der Waals surface area contributed by atoms with Crippen LogP contribution < -0.4 is 0 Å². The minimum absolute atomic E-state index is 0.381. The van der Waals surface area contributed by atoms with Crippen LogP contribution in [-0.2, 0) is 9.05 Å². The predicted octanol–water partition coefficient (Wildman–Crippen LogP) is 1.70. The van der Waals surface area contributed by atoms with Gasteiger partial charge in [0.15, 0.2) is 0 Å². The summed E-state index contributed by atoms with van der Waals surface area (Å²) in [5.41, 5.74) is 0. The van der Waals surface area contributed by atoms with E-state index in [-0.39, 0.29) is 0 Å². The summed E-state index contributed by atoms with van der Waals surface area (Å²) in [6.45, 7) is 4.26. The summed E-state index contributed by atoms with van der Waals surface area (Å²) >= 11 is 5.39. The molecule has 0 atom stereocenters. The Labute approximate surface area is 60.3 Å². The fourth-order valence-corrected chi connectivity index (χ4v) is 1.85. The van der Waals surface area contributed by atoms with E-state index >= 15 is 0 Å². The standard InChI is InChI=1S/C4H12ClO3P/c1-3-7-9(5,6)8-4-2/h6,9H,3-4H2,1-2H3. The van der Waals surface area contributed by atoms with Crippen LogP contribution in [0.4, 0.5) is 0 Å². The molecule has 3 nitrogen and oxygen atoms in total. The molecule has 58 valence electrons. The van der Waals surface area contributed by atoms with Crippen molar-refractivity contribution in [2.75, 3.05) is 13.2 Å². The van der Waals surface area contributed by atoms with E-state index in [0.29, 0.717) is 13.2 Å². The summed E-state index contributed by atoms with van der Waals surface area (Å²) in [6, 6.07) is 0. The summed E-state index contributed by atoms with van der Waals surface area (Å²) < 4.78 is 9.41. The van der Waals surface area contributed by atoms with Gasteiger partial charge in [-0.2, -0.15) is 0 Å². The van der Waals surface area contributed by atoms with Crippen molar-refractivity contribution in [1.82, 2.24) is 0 Å². The first-order valence-electron chi connectivity index (χ1n) is 2.81. The van der Waals surface area contributed by atoms with Crippen molar-refractivity contribution in [3.8, 4) is 0 Å². The molecule has 0 radical (unpaired) electrons. The van der Waals surface area contributed by atoms with Crippen LogP contribution in [0.25, 0.3) is 0 Å². The predicted molar refractivity (Wildman–Crippen MR) is 39.6 cm³/mol. The molecule has 9 heavy (non-hydrogen) atoms. The molecule has 0 amide bonds. The average molecular weight is 175 g/mol. The summed E-state index contributed by atoms with van der Waals surface area (Å²) in [5.74, 6) is 0. The minimum atomic E-state index is -3.23. The first-order valence-corrected chi connectivity index (χ1v) is 5.59. The van der Waals surface area contributed by atoms with E-state index < -0.39 is 7.30 Å². The second kappa shape index (κ2) is 4.42. The van der Waals surface area contributed by atoms with Crippen molar-refractivity contribution in [3.63, 3.8) is 0 Å². The van der Waals surface area contributed by atoms with Crippen molar-refractivity contribution >= 4 is 18.5 Å². The molecule has 0 aromatic carbocycles. The second-order valence-corrected chi connectivity index (χ2v) is 4.39. The molecule has 0 bridgehead atoms. The third-order valence-corrected chi connectivity index (χ3v) is 2.59. The quantitative estimate of drug-likeness (QED) is 0.660. The van der Waals surface area contributed by atoms with Crippen LogP contribution in [0.2, 0.25) is 0 Å². The van der Waals surface area contributed by atoms with Crippen LogP contribution in [0.15, 0.2) is 0 Å². The first-order chi connectivity index (χ1) is 4.12. The van der Waals surface area contributed by atoms with Gasteiger partial charge in [-0.3, -0.25) is 0 Å². The van der Waals surface area contributed by atoms with Gasteiger partial charge in [0, 0.05) is 0 Å². The number of hydrogen-bond donors (Lipinski definition) is 1. The van der Waals surface area contributed by atoms with E-state index in [1.807, 2.05) is 0 Å². The second-order valence-electron chi connectivity index (χ2n) is 1.37. The zero-order chi connectivity index (χ0) is 7.33. The van der Waals surface area contributed by atoms with Crippen LogP contribution in [-0.4, -0.2) is 18.1 Å². The Kier molecular flexibility index (Phi) is 4.72. The summed E-state index contributed by atoms with van der Waals surface area (Å²) in [4.78, 5) is 8.97. The van der Waals surface area contributed by atoms with E-state index in [1.54, 1.807) is 13.8 Å². The van der Waals surface area contributed by atoms with Crippen molar-refractivity contribution in [3.05, 3.63) is 0 Å². The van der Waals surface area contributed by atoms with E-state index in [1.165, 1.54) is 0 Å². The fraction of sp³-hybridized carbons (Fsp3) is 1.00. The molecule has 0 rings (SSSR count). The molecule has 0 unspecified atom stereocenters. The molecule has 0 fully saturated rings. The van der Waals surface area contributed by atoms with Crippen molar-refractivity contribution in [2.24, 2.45) is 0 Å². The number of rotatable bonds is 4. The molecule has 0 aliphatic carbocycles. The monoisotopic (exact) mass is 174 g/mol. The normalized spacial score (nSPS) is 13.8. The first kappa shape index (κ1) is 9.60. The van der Waals surface area contributed by atoms with Crippen LogP contribution in [0.5, 0.6) is 0 Å². The van der Waals surface area contributed by atoms with Gasteiger partial charge in [-0.1, -0.05) is 0 Å². The van der Waals surface area contributed by atoms with Gasteiger partial charge in [-0.15, -0.1) is 0 Å². The molecule has 0 aliphatic rings. The van der Waals surface area contributed by atoms with Crippen LogP contribution >= 0.6 is 18.5 Å². The molecule has 0 spiro atoms. The van der Waals surface area contributed by atoms with E-state index in [0.717, 1.165) is 0 Å². The fourth-order valence-electron chi connectivity index (χ4n) is 0.398. The zero-order valence-electron chi connectivity index (χ0n) is 5.56. The van der Waals surface area contributed by atoms with Gasteiger partial charge in [-0.05, 0) is 0 Å². The Morgan fingerprint density at radius 2 is 1.67 bits per heavy atom. The van der Waals surface area contributed by atoms with Crippen LogP contribution in [0, 0.1) is 0 Å². The molecule has 0 aliphatic heterocycles. The van der Waals surface area contributed by atoms with Gasteiger partial charge in [0.05, 0.1) is 0 Å². The maximum atomic E-state index is 8.97. The molecule has 0 heterocycles. The van der Waals surface area contributed by atoms with Crippen molar-refractivity contribution < 1.29 is 13.9 Å². The Bertz CT molecular complexity index is 70.2. The van der Waals surface area contributed by atoms with Gasteiger partial charge >= 0.3 is 59.5 Å². The number of hydrogen-bond acceptors (Lipinski definition) is 3. The molecule has 0 saturated heterocycles. The van der Waals surface area contributed by atoms with Gasteiger partial charge in [0.2, 0.25) is 0 Å². The van der Waals surface area contributed by atoms with Crippen LogP contribution in [0.3, 0.4) is 0 Å². The third-order valence-electron chi connectivity index (χ3n) is 0.645. The maximum absolute atomic E-state index is 8.97. The van der Waals surface area contributed by atoms with E-state index in [4.69, 9.17) is 25.2 Å². The Morgan fingerprint density at radius 3 is 1.89 bits per heavy atom. The van der Waals surface area contributed by atoms with Gasteiger partial charge in [0.1, 0.15) is 0 Å². The number of halogens is 1.